The lowest BCUT2D eigenvalue weighted by Gasteiger charge is -2.24. The van der Waals surface area contributed by atoms with Gasteiger partial charge in [-0.15, -0.1) is 0 Å². The third kappa shape index (κ3) is 2.24. The van der Waals surface area contributed by atoms with E-state index in [1.54, 1.807) is 18.3 Å². The Hall–Kier alpha value is -1.62. The number of primary amides is 1. The van der Waals surface area contributed by atoms with Crippen LogP contribution in [-0.2, 0) is 0 Å². The van der Waals surface area contributed by atoms with E-state index in [1.807, 2.05) is 0 Å². The van der Waals surface area contributed by atoms with Gasteiger partial charge in [-0.05, 0) is 37.9 Å². The van der Waals surface area contributed by atoms with Crippen molar-refractivity contribution in [1.29, 1.82) is 0 Å². The topological polar surface area (TPSA) is 85.2 Å². The summed E-state index contributed by atoms with van der Waals surface area (Å²) in [7, 11) is 0. The average molecular weight is 234 g/mol. The molecule has 1 amide bonds. The van der Waals surface area contributed by atoms with Crippen LogP contribution in [0, 0.1) is 5.92 Å². The van der Waals surface area contributed by atoms with Gasteiger partial charge in [0.25, 0.3) is 5.91 Å². The number of carbonyl (C=O) groups is 1. The van der Waals surface area contributed by atoms with Crippen LogP contribution in [0.5, 0.6) is 0 Å². The van der Waals surface area contributed by atoms with E-state index in [0.29, 0.717) is 29.9 Å². The number of aromatic nitrogens is 1. The zero-order valence-corrected chi connectivity index (χ0v) is 9.97. The van der Waals surface area contributed by atoms with E-state index in [2.05, 4.69) is 16.8 Å². The SMILES string of the molecule is CC1CC(CN)CN1c1ncccc1C(N)=O. The molecule has 1 aromatic heterocycles. The smallest absolute Gasteiger partial charge is 0.252 e. The number of hydrogen-bond donors (Lipinski definition) is 2. The van der Waals surface area contributed by atoms with Crippen molar-refractivity contribution in [3.05, 3.63) is 23.9 Å². The highest BCUT2D eigenvalue weighted by Gasteiger charge is 2.30. The van der Waals surface area contributed by atoms with Gasteiger partial charge in [0, 0.05) is 18.8 Å². The highest BCUT2D eigenvalue weighted by Crippen LogP contribution is 2.29. The third-order valence-electron chi connectivity index (χ3n) is 3.32. The second-order valence-corrected chi connectivity index (χ2v) is 4.58. The summed E-state index contributed by atoms with van der Waals surface area (Å²) in [5.41, 5.74) is 11.5. The lowest BCUT2D eigenvalue weighted by Crippen LogP contribution is -2.31. The molecule has 5 heteroatoms. The first-order valence-electron chi connectivity index (χ1n) is 5.85. The van der Waals surface area contributed by atoms with Crippen LogP contribution in [0.1, 0.15) is 23.7 Å². The van der Waals surface area contributed by atoms with Crippen LogP contribution in [-0.4, -0.2) is 30.0 Å². The number of anilines is 1. The fraction of sp³-hybridized carbons (Fsp3) is 0.500. The molecule has 0 radical (unpaired) electrons. The lowest BCUT2D eigenvalue weighted by atomic mass is 10.1. The number of hydrogen-bond acceptors (Lipinski definition) is 4. The summed E-state index contributed by atoms with van der Waals surface area (Å²) in [6, 6.07) is 3.79. The summed E-state index contributed by atoms with van der Waals surface area (Å²) in [6.07, 6.45) is 2.72. The molecule has 2 unspecified atom stereocenters. The Labute approximate surface area is 101 Å². The molecular weight excluding hydrogens is 216 g/mol. The second-order valence-electron chi connectivity index (χ2n) is 4.58. The van der Waals surface area contributed by atoms with Crippen LogP contribution in [0.4, 0.5) is 5.82 Å². The van der Waals surface area contributed by atoms with E-state index < -0.39 is 5.91 Å². The molecular formula is C12H18N4O. The van der Waals surface area contributed by atoms with Gasteiger partial charge in [0.15, 0.2) is 0 Å². The molecule has 1 aliphatic heterocycles. The van der Waals surface area contributed by atoms with Gasteiger partial charge in [-0.25, -0.2) is 4.98 Å². The molecule has 2 heterocycles. The Balaban J connectivity index is 2.31. The monoisotopic (exact) mass is 234 g/mol. The van der Waals surface area contributed by atoms with Crippen LogP contribution in [0.2, 0.25) is 0 Å². The minimum absolute atomic E-state index is 0.344. The van der Waals surface area contributed by atoms with Crippen LogP contribution >= 0.6 is 0 Å². The highest BCUT2D eigenvalue weighted by molar-refractivity contribution is 5.97. The Morgan fingerprint density at radius 2 is 2.41 bits per heavy atom. The zero-order chi connectivity index (χ0) is 12.4. The molecule has 0 saturated carbocycles. The van der Waals surface area contributed by atoms with Gasteiger partial charge in [-0.2, -0.15) is 0 Å². The molecule has 1 saturated heterocycles. The maximum atomic E-state index is 11.4. The predicted octanol–water partition coefficient (Wildman–Crippen LogP) is 0.354. The minimum atomic E-state index is -0.434. The molecule has 1 aromatic rings. The number of pyridine rings is 1. The van der Waals surface area contributed by atoms with Crippen molar-refractivity contribution >= 4 is 11.7 Å². The summed E-state index contributed by atoms with van der Waals surface area (Å²) >= 11 is 0. The Morgan fingerprint density at radius 3 is 3.00 bits per heavy atom. The van der Waals surface area contributed by atoms with Crippen molar-refractivity contribution in [3.8, 4) is 0 Å². The van der Waals surface area contributed by atoms with E-state index in [0.717, 1.165) is 13.0 Å². The molecule has 0 spiro atoms. The molecule has 0 bridgehead atoms. The van der Waals surface area contributed by atoms with Gasteiger partial charge in [-0.3, -0.25) is 4.79 Å². The third-order valence-corrected chi connectivity index (χ3v) is 3.32. The van der Waals surface area contributed by atoms with Gasteiger partial charge in [0.1, 0.15) is 5.82 Å². The number of amides is 1. The van der Waals surface area contributed by atoms with Crippen molar-refractivity contribution in [2.24, 2.45) is 17.4 Å². The van der Waals surface area contributed by atoms with E-state index >= 15 is 0 Å². The van der Waals surface area contributed by atoms with Gasteiger partial charge in [0.05, 0.1) is 5.56 Å². The average Bonchev–Trinajstić information content (AvgIpc) is 2.70. The number of nitrogens with zero attached hydrogens (tertiary/aromatic N) is 2. The first kappa shape index (κ1) is 11.9. The Kier molecular flexibility index (Phi) is 3.28. The molecule has 2 rings (SSSR count). The fourth-order valence-electron chi connectivity index (χ4n) is 2.43. The van der Waals surface area contributed by atoms with Crippen LogP contribution in [0.25, 0.3) is 0 Å². The molecule has 17 heavy (non-hydrogen) atoms. The first-order valence-corrected chi connectivity index (χ1v) is 5.85. The van der Waals surface area contributed by atoms with Crippen molar-refractivity contribution in [2.45, 2.75) is 19.4 Å². The Morgan fingerprint density at radius 1 is 1.65 bits per heavy atom. The maximum Gasteiger partial charge on any atom is 0.252 e. The first-order chi connectivity index (χ1) is 8.13. The summed E-state index contributed by atoms with van der Waals surface area (Å²) in [4.78, 5) is 17.8. The van der Waals surface area contributed by atoms with Gasteiger partial charge in [0.2, 0.25) is 0 Å². The molecule has 0 aliphatic carbocycles. The summed E-state index contributed by atoms with van der Waals surface area (Å²) < 4.78 is 0. The minimum Gasteiger partial charge on any atom is -0.365 e. The summed E-state index contributed by atoms with van der Waals surface area (Å²) in [6.45, 7) is 3.63. The molecule has 4 N–H and O–H groups in total. The molecule has 1 aliphatic rings. The largest absolute Gasteiger partial charge is 0.365 e. The van der Waals surface area contributed by atoms with E-state index in [1.165, 1.54) is 0 Å². The van der Waals surface area contributed by atoms with Crippen molar-refractivity contribution in [1.82, 2.24) is 4.98 Å². The van der Waals surface area contributed by atoms with Crippen LogP contribution in [0.3, 0.4) is 0 Å². The highest BCUT2D eigenvalue weighted by atomic mass is 16.1. The number of nitrogens with two attached hydrogens (primary N) is 2. The Bertz CT molecular complexity index is 421. The molecule has 2 atom stereocenters. The summed E-state index contributed by atoms with van der Waals surface area (Å²) in [5, 5.41) is 0. The molecule has 92 valence electrons. The fourth-order valence-corrected chi connectivity index (χ4v) is 2.43. The maximum absolute atomic E-state index is 11.4. The van der Waals surface area contributed by atoms with E-state index in [9.17, 15) is 4.79 Å². The van der Waals surface area contributed by atoms with E-state index in [4.69, 9.17) is 11.5 Å². The lowest BCUT2D eigenvalue weighted by molar-refractivity contribution is 0.100. The van der Waals surface area contributed by atoms with Gasteiger partial charge < -0.3 is 16.4 Å². The zero-order valence-electron chi connectivity index (χ0n) is 9.97. The second kappa shape index (κ2) is 4.71. The summed E-state index contributed by atoms with van der Waals surface area (Å²) in [5.74, 6) is 0.715. The van der Waals surface area contributed by atoms with Gasteiger partial charge >= 0.3 is 0 Å². The molecule has 5 nitrogen and oxygen atoms in total. The predicted molar refractivity (Wildman–Crippen MR) is 66.7 cm³/mol. The molecule has 1 fully saturated rings. The number of rotatable bonds is 3. The molecule has 0 aromatic carbocycles. The van der Waals surface area contributed by atoms with Crippen LogP contribution < -0.4 is 16.4 Å². The van der Waals surface area contributed by atoms with Gasteiger partial charge in [-0.1, -0.05) is 0 Å². The quantitative estimate of drug-likeness (QED) is 0.790. The van der Waals surface area contributed by atoms with Crippen molar-refractivity contribution in [2.75, 3.05) is 18.0 Å². The number of carbonyl (C=O) groups excluding carboxylic acids is 1. The van der Waals surface area contributed by atoms with Crippen molar-refractivity contribution in [3.63, 3.8) is 0 Å². The van der Waals surface area contributed by atoms with Crippen molar-refractivity contribution < 1.29 is 4.79 Å². The van der Waals surface area contributed by atoms with E-state index in [-0.39, 0.29) is 0 Å². The normalized spacial score (nSPS) is 24.0. The standard InChI is InChI=1S/C12H18N4O/c1-8-5-9(6-13)7-16(8)12-10(11(14)17)3-2-4-15-12/h2-4,8-9H,5-7,13H2,1H3,(H2,14,17). The van der Waals surface area contributed by atoms with Crippen LogP contribution in [0.15, 0.2) is 18.3 Å².